The van der Waals surface area contributed by atoms with Crippen LogP contribution in [0.5, 0.6) is 5.75 Å². The van der Waals surface area contributed by atoms with Gasteiger partial charge in [0, 0.05) is 6.42 Å². The average Bonchev–Trinajstić information content (AvgIpc) is 2.95. The van der Waals surface area contributed by atoms with E-state index in [2.05, 4.69) is 22.9 Å². The van der Waals surface area contributed by atoms with Crippen LogP contribution in [0.3, 0.4) is 0 Å². The van der Waals surface area contributed by atoms with E-state index < -0.39 is 39.1 Å². The van der Waals surface area contributed by atoms with Crippen molar-refractivity contribution in [2.45, 2.75) is 129 Å². The largest absolute Gasteiger partial charge is 0.492 e. The van der Waals surface area contributed by atoms with Gasteiger partial charge < -0.3 is 14.2 Å². The minimum Gasteiger partial charge on any atom is -0.492 e. The van der Waals surface area contributed by atoms with Gasteiger partial charge in [-0.05, 0) is 107 Å². The molecule has 0 aliphatic rings. The van der Waals surface area contributed by atoms with E-state index in [1.165, 1.54) is 18.6 Å². The van der Waals surface area contributed by atoms with Gasteiger partial charge in [-0.2, -0.15) is 8.42 Å². The van der Waals surface area contributed by atoms with Gasteiger partial charge in [0.1, 0.15) is 17.0 Å². The van der Waals surface area contributed by atoms with Crippen molar-refractivity contribution in [1.82, 2.24) is 0 Å². The summed E-state index contributed by atoms with van der Waals surface area (Å²) in [6.07, 6.45) is 7.59. The summed E-state index contributed by atoms with van der Waals surface area (Å²) >= 11 is 3.58. The number of unbranched alkanes of at least 4 members (excludes halogenated alkanes) is 5. The van der Waals surface area contributed by atoms with Crippen molar-refractivity contribution in [1.29, 1.82) is 0 Å². The number of carbonyl (C=O) groups excluding carboxylic acids is 2. The molecule has 0 radical (unpaired) electrons. The fourth-order valence-electron chi connectivity index (χ4n) is 5.00. The van der Waals surface area contributed by atoms with E-state index in [1.54, 1.807) is 18.2 Å². The van der Waals surface area contributed by atoms with Crippen LogP contribution >= 0.6 is 15.9 Å². The number of benzene rings is 2. The number of esters is 2. The van der Waals surface area contributed by atoms with Crippen molar-refractivity contribution in [2.24, 2.45) is 11.8 Å². The Morgan fingerprint density at radius 2 is 1.34 bits per heavy atom. The molecule has 0 spiro atoms. The smallest absolute Gasteiger partial charge is 0.310 e. The van der Waals surface area contributed by atoms with Crippen molar-refractivity contribution in [3.05, 3.63) is 58.1 Å². The van der Waals surface area contributed by atoms with Crippen molar-refractivity contribution < 1.29 is 36.4 Å². The molecule has 0 aliphatic carbocycles. The summed E-state index contributed by atoms with van der Waals surface area (Å²) in [6.45, 7) is 15.3. The van der Waals surface area contributed by atoms with Crippen LogP contribution in [-0.2, 0) is 39.8 Å². The minimum atomic E-state index is -3.84. The standard InChI is InChI=1S/C37H55BrO8S/c1-9-10-11-12-13-14-16-30(34(39)45-36(3,4)5)31(35(40)46-37(6,7)8)25-28-19-22-33(32(38)26-28)43-23-15-24-44-47(41,42)29-20-17-27(2)18-21-29/h17-22,26,30-31H,9-16,23-25H2,1-8H3. The number of hydrogen-bond acceptors (Lipinski definition) is 8. The van der Waals surface area contributed by atoms with E-state index in [0.29, 0.717) is 23.1 Å². The number of aryl methyl sites for hydroxylation is 1. The molecule has 47 heavy (non-hydrogen) atoms. The van der Waals surface area contributed by atoms with Gasteiger partial charge in [0.15, 0.2) is 0 Å². The van der Waals surface area contributed by atoms with Crippen LogP contribution in [0.25, 0.3) is 0 Å². The third kappa shape index (κ3) is 15.6. The van der Waals surface area contributed by atoms with Crippen LogP contribution in [-0.4, -0.2) is 44.8 Å². The Labute approximate surface area is 291 Å². The molecule has 0 saturated carbocycles. The maximum Gasteiger partial charge on any atom is 0.310 e. The second kappa shape index (κ2) is 18.9. The molecule has 2 aromatic rings. The van der Waals surface area contributed by atoms with Crippen molar-refractivity contribution in [3.8, 4) is 5.75 Å². The molecule has 0 fully saturated rings. The van der Waals surface area contributed by atoms with Gasteiger partial charge in [0.05, 0.1) is 34.4 Å². The van der Waals surface area contributed by atoms with E-state index in [9.17, 15) is 18.0 Å². The summed E-state index contributed by atoms with van der Waals surface area (Å²) in [5.74, 6) is -1.61. The highest BCUT2D eigenvalue weighted by atomic mass is 79.9. The molecule has 0 bridgehead atoms. The maximum absolute atomic E-state index is 13.7. The first-order valence-corrected chi connectivity index (χ1v) is 18.9. The predicted molar refractivity (Wildman–Crippen MR) is 189 cm³/mol. The van der Waals surface area contributed by atoms with Gasteiger partial charge >= 0.3 is 11.9 Å². The van der Waals surface area contributed by atoms with Crippen LogP contribution in [0, 0.1) is 18.8 Å². The van der Waals surface area contributed by atoms with Crippen molar-refractivity contribution in [3.63, 3.8) is 0 Å². The zero-order chi connectivity index (χ0) is 35.3. The Morgan fingerprint density at radius 3 is 1.91 bits per heavy atom. The zero-order valence-corrected chi connectivity index (χ0v) is 31.9. The summed E-state index contributed by atoms with van der Waals surface area (Å²) < 4.78 is 48.2. The molecule has 0 N–H and O–H groups in total. The van der Waals surface area contributed by atoms with E-state index in [-0.39, 0.29) is 30.5 Å². The average molecular weight is 740 g/mol. The summed E-state index contributed by atoms with van der Waals surface area (Å²) in [7, 11) is -3.84. The molecule has 264 valence electrons. The molecular formula is C37H55BrO8S. The SMILES string of the molecule is CCCCCCCCC(C(=O)OC(C)(C)C)C(Cc1ccc(OCCCOS(=O)(=O)c2ccc(C)cc2)c(Br)c1)C(=O)OC(C)(C)C. The van der Waals surface area contributed by atoms with E-state index in [0.717, 1.165) is 43.2 Å². The third-order valence-corrected chi connectivity index (χ3v) is 9.27. The number of carbonyl (C=O) groups is 2. The normalized spacial score (nSPS) is 13.6. The fraction of sp³-hybridized carbons (Fsp3) is 0.622. The second-order valence-electron chi connectivity index (χ2n) is 14.1. The van der Waals surface area contributed by atoms with Crippen LogP contribution in [0.1, 0.15) is 111 Å². The van der Waals surface area contributed by atoms with E-state index >= 15 is 0 Å². The monoisotopic (exact) mass is 738 g/mol. The number of hydrogen-bond donors (Lipinski definition) is 0. The Bertz CT molecular complexity index is 1370. The van der Waals surface area contributed by atoms with Gasteiger partial charge in [-0.3, -0.25) is 13.8 Å². The third-order valence-electron chi connectivity index (χ3n) is 7.32. The second-order valence-corrected chi connectivity index (χ2v) is 16.6. The van der Waals surface area contributed by atoms with Gasteiger partial charge in [-0.1, -0.05) is 69.2 Å². The fourth-order valence-corrected chi connectivity index (χ4v) is 6.48. The Kier molecular flexibility index (Phi) is 16.4. The highest BCUT2D eigenvalue weighted by molar-refractivity contribution is 9.10. The molecule has 0 amide bonds. The molecule has 2 unspecified atom stereocenters. The molecule has 0 heterocycles. The van der Waals surface area contributed by atoms with Gasteiger partial charge in [0.25, 0.3) is 10.1 Å². The maximum atomic E-state index is 13.7. The summed E-state index contributed by atoms with van der Waals surface area (Å²) in [5, 5.41) is 0. The predicted octanol–water partition coefficient (Wildman–Crippen LogP) is 9.14. The Hall–Kier alpha value is -2.43. The topological polar surface area (TPSA) is 105 Å². The van der Waals surface area contributed by atoms with Crippen LogP contribution in [0.4, 0.5) is 0 Å². The van der Waals surface area contributed by atoms with Gasteiger partial charge in [0.2, 0.25) is 0 Å². The molecular weight excluding hydrogens is 684 g/mol. The molecule has 0 aromatic heterocycles. The molecule has 2 rings (SSSR count). The lowest BCUT2D eigenvalue weighted by Gasteiger charge is -2.30. The van der Waals surface area contributed by atoms with Crippen LogP contribution in [0.15, 0.2) is 51.8 Å². The van der Waals surface area contributed by atoms with Crippen LogP contribution in [0.2, 0.25) is 0 Å². The highest BCUT2D eigenvalue weighted by Crippen LogP contribution is 2.32. The highest BCUT2D eigenvalue weighted by Gasteiger charge is 2.38. The summed E-state index contributed by atoms with van der Waals surface area (Å²) in [4.78, 5) is 27.3. The molecule has 0 saturated heterocycles. The molecule has 2 aromatic carbocycles. The van der Waals surface area contributed by atoms with Crippen molar-refractivity contribution in [2.75, 3.05) is 13.2 Å². The number of halogens is 1. The summed E-state index contributed by atoms with van der Waals surface area (Å²) in [6, 6.07) is 12.0. The Morgan fingerprint density at radius 1 is 0.766 bits per heavy atom. The van der Waals surface area contributed by atoms with E-state index in [1.807, 2.05) is 60.6 Å². The van der Waals surface area contributed by atoms with Crippen molar-refractivity contribution >= 4 is 38.0 Å². The quantitative estimate of drug-likeness (QED) is 0.0799. The first-order chi connectivity index (χ1) is 21.9. The molecule has 2 atom stereocenters. The molecule has 10 heteroatoms. The van der Waals surface area contributed by atoms with Crippen LogP contribution < -0.4 is 4.74 Å². The first-order valence-electron chi connectivity index (χ1n) is 16.7. The lowest BCUT2D eigenvalue weighted by atomic mass is 9.83. The lowest BCUT2D eigenvalue weighted by Crippen LogP contribution is -2.39. The number of rotatable bonds is 19. The first kappa shape index (κ1) is 40.7. The molecule has 8 nitrogen and oxygen atoms in total. The Balaban J connectivity index is 2.14. The summed E-state index contributed by atoms with van der Waals surface area (Å²) in [5.41, 5.74) is 0.400. The van der Waals surface area contributed by atoms with Gasteiger partial charge in [-0.15, -0.1) is 0 Å². The van der Waals surface area contributed by atoms with E-state index in [4.69, 9.17) is 18.4 Å². The molecule has 0 aliphatic heterocycles. The zero-order valence-electron chi connectivity index (χ0n) is 29.5. The lowest BCUT2D eigenvalue weighted by molar-refractivity contribution is -0.173. The minimum absolute atomic E-state index is 0.0197. The van der Waals surface area contributed by atoms with Gasteiger partial charge in [-0.25, -0.2) is 0 Å². The number of ether oxygens (including phenoxy) is 3.